The standard InChI is InChI=1S/C11H18N2O2/c1-10(2)6-5-8(7-12-10)13-9(14)11(3,4)15/h5-7,12,15H,1-4H3,(H,13,14). The lowest BCUT2D eigenvalue weighted by molar-refractivity contribution is -0.135. The first-order valence-electron chi connectivity index (χ1n) is 4.92. The Morgan fingerprint density at radius 1 is 1.53 bits per heavy atom. The summed E-state index contributed by atoms with van der Waals surface area (Å²) in [7, 11) is 0. The summed E-state index contributed by atoms with van der Waals surface area (Å²) in [5.74, 6) is -0.417. The topological polar surface area (TPSA) is 61.4 Å². The molecular formula is C11H18N2O2. The second-order valence-electron chi connectivity index (χ2n) is 4.81. The Morgan fingerprint density at radius 2 is 2.13 bits per heavy atom. The van der Waals surface area contributed by atoms with Crippen molar-refractivity contribution in [3.8, 4) is 0 Å². The van der Waals surface area contributed by atoms with Crippen molar-refractivity contribution in [1.29, 1.82) is 0 Å². The molecule has 0 fully saturated rings. The monoisotopic (exact) mass is 210 g/mol. The Kier molecular flexibility index (Phi) is 2.90. The largest absolute Gasteiger partial charge is 0.381 e. The molecule has 0 aliphatic carbocycles. The van der Waals surface area contributed by atoms with Crippen LogP contribution in [0.25, 0.3) is 0 Å². The zero-order valence-electron chi connectivity index (χ0n) is 9.59. The number of rotatable bonds is 2. The van der Waals surface area contributed by atoms with Crippen LogP contribution in [0.1, 0.15) is 27.7 Å². The van der Waals surface area contributed by atoms with Crippen LogP contribution in [-0.2, 0) is 4.79 Å². The van der Waals surface area contributed by atoms with E-state index in [1.165, 1.54) is 13.8 Å². The van der Waals surface area contributed by atoms with Gasteiger partial charge in [-0.2, -0.15) is 0 Å². The molecule has 0 saturated heterocycles. The summed E-state index contributed by atoms with van der Waals surface area (Å²) in [6.45, 7) is 6.95. The predicted octanol–water partition coefficient (Wildman–Crippen LogP) is 0.653. The summed E-state index contributed by atoms with van der Waals surface area (Å²) in [4.78, 5) is 11.4. The van der Waals surface area contributed by atoms with E-state index in [1.807, 2.05) is 26.0 Å². The van der Waals surface area contributed by atoms with E-state index in [0.29, 0.717) is 5.70 Å². The molecule has 4 nitrogen and oxygen atoms in total. The van der Waals surface area contributed by atoms with Crippen LogP contribution in [0.2, 0.25) is 0 Å². The van der Waals surface area contributed by atoms with Crippen LogP contribution in [0.4, 0.5) is 0 Å². The molecule has 4 heteroatoms. The molecule has 1 aliphatic rings. The summed E-state index contributed by atoms with van der Waals surface area (Å²) in [5, 5.41) is 15.2. The highest BCUT2D eigenvalue weighted by Crippen LogP contribution is 2.12. The number of amides is 1. The molecule has 15 heavy (non-hydrogen) atoms. The molecule has 3 N–H and O–H groups in total. The molecule has 0 spiro atoms. The normalized spacial score (nSPS) is 19.1. The van der Waals surface area contributed by atoms with Gasteiger partial charge < -0.3 is 15.7 Å². The molecule has 1 heterocycles. The molecule has 0 saturated carbocycles. The van der Waals surface area contributed by atoms with Crippen molar-refractivity contribution in [2.45, 2.75) is 38.8 Å². The second-order valence-corrected chi connectivity index (χ2v) is 4.81. The van der Waals surface area contributed by atoms with Gasteiger partial charge >= 0.3 is 0 Å². The van der Waals surface area contributed by atoms with E-state index in [-0.39, 0.29) is 5.54 Å². The van der Waals surface area contributed by atoms with Crippen molar-refractivity contribution in [2.24, 2.45) is 0 Å². The fourth-order valence-corrected chi connectivity index (χ4v) is 1.02. The first-order chi connectivity index (χ1) is 6.71. The van der Waals surface area contributed by atoms with Crippen LogP contribution in [0.5, 0.6) is 0 Å². The lowest BCUT2D eigenvalue weighted by Gasteiger charge is -2.26. The number of carbonyl (C=O) groups excluding carboxylic acids is 1. The predicted molar refractivity (Wildman–Crippen MR) is 58.9 cm³/mol. The molecule has 0 aromatic heterocycles. The summed E-state index contributed by atoms with van der Waals surface area (Å²) < 4.78 is 0. The summed E-state index contributed by atoms with van der Waals surface area (Å²) in [6.07, 6.45) is 5.50. The number of nitrogens with one attached hydrogen (secondary N) is 2. The fraction of sp³-hybridized carbons (Fsp3) is 0.545. The zero-order chi connectivity index (χ0) is 11.7. The van der Waals surface area contributed by atoms with Crippen LogP contribution >= 0.6 is 0 Å². The van der Waals surface area contributed by atoms with Crippen molar-refractivity contribution in [3.63, 3.8) is 0 Å². The Morgan fingerprint density at radius 3 is 2.53 bits per heavy atom. The maximum absolute atomic E-state index is 11.4. The van der Waals surface area contributed by atoms with Gasteiger partial charge in [0.15, 0.2) is 0 Å². The van der Waals surface area contributed by atoms with E-state index in [2.05, 4.69) is 10.6 Å². The highest BCUT2D eigenvalue weighted by atomic mass is 16.3. The van der Waals surface area contributed by atoms with Crippen LogP contribution in [0.15, 0.2) is 24.0 Å². The average molecular weight is 210 g/mol. The summed E-state index contributed by atoms with van der Waals surface area (Å²) >= 11 is 0. The molecule has 0 atom stereocenters. The maximum atomic E-state index is 11.4. The molecule has 0 bridgehead atoms. The van der Waals surface area contributed by atoms with Gasteiger partial charge in [0, 0.05) is 11.7 Å². The Labute approximate surface area is 90.1 Å². The van der Waals surface area contributed by atoms with E-state index >= 15 is 0 Å². The quantitative estimate of drug-likeness (QED) is 0.627. The molecule has 0 aromatic carbocycles. The van der Waals surface area contributed by atoms with Crippen LogP contribution < -0.4 is 10.6 Å². The van der Waals surface area contributed by atoms with E-state index < -0.39 is 11.5 Å². The second kappa shape index (κ2) is 3.70. The van der Waals surface area contributed by atoms with Crippen molar-refractivity contribution >= 4 is 5.91 Å². The highest BCUT2D eigenvalue weighted by molar-refractivity contribution is 5.85. The smallest absolute Gasteiger partial charge is 0.255 e. The third-order valence-corrected chi connectivity index (χ3v) is 2.09. The Bertz CT molecular complexity index is 322. The van der Waals surface area contributed by atoms with Gasteiger partial charge in [0.25, 0.3) is 5.91 Å². The van der Waals surface area contributed by atoms with E-state index in [1.54, 1.807) is 6.20 Å². The van der Waals surface area contributed by atoms with Gasteiger partial charge in [-0.15, -0.1) is 0 Å². The van der Waals surface area contributed by atoms with Crippen molar-refractivity contribution < 1.29 is 9.90 Å². The van der Waals surface area contributed by atoms with Gasteiger partial charge in [0.2, 0.25) is 0 Å². The molecule has 1 rings (SSSR count). The van der Waals surface area contributed by atoms with E-state index in [9.17, 15) is 9.90 Å². The number of aliphatic hydroxyl groups is 1. The minimum Gasteiger partial charge on any atom is -0.381 e. The molecular weight excluding hydrogens is 192 g/mol. The van der Waals surface area contributed by atoms with Crippen LogP contribution in [0, 0.1) is 0 Å². The van der Waals surface area contributed by atoms with Gasteiger partial charge in [-0.3, -0.25) is 4.79 Å². The highest BCUT2D eigenvalue weighted by Gasteiger charge is 2.24. The van der Waals surface area contributed by atoms with Gasteiger partial charge in [-0.1, -0.05) is 6.08 Å². The average Bonchev–Trinajstić information content (AvgIpc) is 2.07. The number of carbonyl (C=O) groups is 1. The first-order valence-corrected chi connectivity index (χ1v) is 4.92. The van der Waals surface area contributed by atoms with Crippen molar-refractivity contribution in [1.82, 2.24) is 10.6 Å². The van der Waals surface area contributed by atoms with Crippen LogP contribution in [0.3, 0.4) is 0 Å². The van der Waals surface area contributed by atoms with Crippen LogP contribution in [-0.4, -0.2) is 22.2 Å². The minimum absolute atomic E-state index is 0.0943. The molecule has 84 valence electrons. The number of hydrogen-bond acceptors (Lipinski definition) is 3. The first kappa shape index (κ1) is 11.8. The third kappa shape index (κ3) is 3.40. The summed E-state index contributed by atoms with van der Waals surface area (Å²) in [6, 6.07) is 0. The van der Waals surface area contributed by atoms with Gasteiger partial charge in [-0.25, -0.2) is 0 Å². The number of dihydropyridines is 1. The third-order valence-electron chi connectivity index (χ3n) is 2.09. The Balaban J connectivity index is 2.61. The van der Waals surface area contributed by atoms with Gasteiger partial charge in [0.1, 0.15) is 5.60 Å². The van der Waals surface area contributed by atoms with Gasteiger partial charge in [-0.05, 0) is 33.8 Å². The molecule has 0 aromatic rings. The molecule has 1 amide bonds. The summed E-state index contributed by atoms with van der Waals surface area (Å²) in [5.41, 5.74) is -0.800. The van der Waals surface area contributed by atoms with E-state index in [0.717, 1.165) is 0 Å². The fourth-order valence-electron chi connectivity index (χ4n) is 1.02. The lowest BCUT2D eigenvalue weighted by atomic mass is 10.0. The minimum atomic E-state index is -1.36. The molecule has 1 aliphatic heterocycles. The van der Waals surface area contributed by atoms with Gasteiger partial charge in [0.05, 0.1) is 5.70 Å². The number of hydrogen-bond donors (Lipinski definition) is 3. The van der Waals surface area contributed by atoms with E-state index in [4.69, 9.17) is 0 Å². The van der Waals surface area contributed by atoms with Crippen molar-refractivity contribution in [3.05, 3.63) is 24.0 Å². The lowest BCUT2D eigenvalue weighted by Crippen LogP contribution is -2.43. The number of allylic oxidation sites excluding steroid dienone is 1. The molecule has 0 unspecified atom stereocenters. The van der Waals surface area contributed by atoms with Crippen molar-refractivity contribution in [2.75, 3.05) is 0 Å². The maximum Gasteiger partial charge on any atom is 0.255 e. The molecule has 0 radical (unpaired) electrons. The Hall–Kier alpha value is -1.29. The SMILES string of the molecule is CC1(C)C=CC(NC(=O)C(C)(C)O)=CN1. The zero-order valence-corrected chi connectivity index (χ0v) is 9.59.